The summed E-state index contributed by atoms with van der Waals surface area (Å²) in [4.78, 5) is 17.7. The molecule has 6 heteroatoms. The number of nitrogens with zero attached hydrogens (tertiary/aromatic N) is 2. The zero-order valence-corrected chi connectivity index (χ0v) is 10.2. The molecule has 1 amide bonds. The first-order valence-electron chi connectivity index (χ1n) is 4.89. The molecule has 0 radical (unpaired) electrons. The van der Waals surface area contributed by atoms with E-state index in [0.29, 0.717) is 10.7 Å². The summed E-state index contributed by atoms with van der Waals surface area (Å²) in [6.45, 7) is 3.14. The number of pyridine rings is 1. The average molecular weight is 262 g/mol. The van der Waals surface area contributed by atoms with Crippen LogP contribution >= 0.6 is 24.0 Å². The first kappa shape index (κ1) is 13.2. The number of halogens is 2. The third kappa shape index (κ3) is 3.07. The smallest absolute Gasteiger partial charge is 0.272 e. The molecule has 0 atom stereocenters. The average Bonchev–Trinajstić information content (AvgIpc) is 2.29. The van der Waals surface area contributed by atoms with Gasteiger partial charge >= 0.3 is 0 Å². The molecule has 1 aromatic rings. The van der Waals surface area contributed by atoms with E-state index in [1.165, 1.54) is 0 Å². The first-order valence-corrected chi connectivity index (χ1v) is 5.27. The molecule has 1 fully saturated rings. The van der Waals surface area contributed by atoms with Gasteiger partial charge in [-0.25, -0.2) is 0 Å². The minimum atomic E-state index is -0.0426. The van der Waals surface area contributed by atoms with Gasteiger partial charge in [-0.1, -0.05) is 11.6 Å². The summed E-state index contributed by atoms with van der Waals surface area (Å²) in [5.74, 6) is -0.0426. The quantitative estimate of drug-likeness (QED) is 0.827. The highest BCUT2D eigenvalue weighted by molar-refractivity contribution is 6.30. The van der Waals surface area contributed by atoms with E-state index >= 15 is 0 Å². The van der Waals surface area contributed by atoms with E-state index < -0.39 is 0 Å². The predicted octanol–water partition coefficient (Wildman–Crippen LogP) is 1.20. The van der Waals surface area contributed by atoms with Crippen LogP contribution in [0.15, 0.2) is 18.3 Å². The predicted molar refractivity (Wildman–Crippen MR) is 65.3 cm³/mol. The summed E-state index contributed by atoms with van der Waals surface area (Å²) in [5.41, 5.74) is 0.421. The van der Waals surface area contributed by atoms with Crippen LogP contribution in [0.5, 0.6) is 0 Å². The summed E-state index contributed by atoms with van der Waals surface area (Å²) in [6, 6.07) is 3.27. The van der Waals surface area contributed by atoms with Crippen molar-refractivity contribution in [3.8, 4) is 0 Å². The lowest BCUT2D eigenvalue weighted by Gasteiger charge is -2.27. The zero-order chi connectivity index (χ0) is 10.7. The molecule has 0 aromatic carbocycles. The van der Waals surface area contributed by atoms with Crippen LogP contribution in [-0.2, 0) is 0 Å². The normalized spacial score (nSPS) is 15.4. The van der Waals surface area contributed by atoms with E-state index in [2.05, 4.69) is 10.3 Å². The van der Waals surface area contributed by atoms with Crippen LogP contribution in [0, 0.1) is 0 Å². The van der Waals surface area contributed by atoms with Crippen LogP contribution < -0.4 is 5.32 Å². The third-order valence-corrected chi connectivity index (χ3v) is 2.58. The SMILES string of the molecule is Cl.O=C(c1cc(Cl)ccn1)N1CCNCC1. The molecule has 1 saturated heterocycles. The number of rotatable bonds is 1. The van der Waals surface area contributed by atoms with Crippen molar-refractivity contribution in [1.82, 2.24) is 15.2 Å². The highest BCUT2D eigenvalue weighted by atomic mass is 35.5. The van der Waals surface area contributed by atoms with Gasteiger partial charge in [-0.3, -0.25) is 9.78 Å². The Morgan fingerprint density at radius 1 is 1.44 bits per heavy atom. The monoisotopic (exact) mass is 261 g/mol. The maximum atomic E-state index is 11.9. The molecule has 1 N–H and O–H groups in total. The Balaban J connectivity index is 0.00000128. The number of hydrogen-bond acceptors (Lipinski definition) is 3. The van der Waals surface area contributed by atoms with E-state index in [0.717, 1.165) is 26.2 Å². The molecule has 1 aliphatic rings. The van der Waals surface area contributed by atoms with Crippen LogP contribution in [-0.4, -0.2) is 42.0 Å². The van der Waals surface area contributed by atoms with E-state index in [1.807, 2.05) is 0 Å². The van der Waals surface area contributed by atoms with E-state index in [4.69, 9.17) is 11.6 Å². The van der Waals surface area contributed by atoms with Crippen molar-refractivity contribution in [2.75, 3.05) is 26.2 Å². The van der Waals surface area contributed by atoms with Gasteiger partial charge in [0.15, 0.2) is 0 Å². The number of piperazine rings is 1. The van der Waals surface area contributed by atoms with Crippen molar-refractivity contribution >= 4 is 29.9 Å². The van der Waals surface area contributed by atoms with Gasteiger partial charge in [0.05, 0.1) is 0 Å². The lowest BCUT2D eigenvalue weighted by molar-refractivity contribution is 0.0730. The van der Waals surface area contributed by atoms with Crippen LogP contribution in [0.2, 0.25) is 5.02 Å². The van der Waals surface area contributed by atoms with Gasteiger partial charge in [0.2, 0.25) is 0 Å². The van der Waals surface area contributed by atoms with Crippen molar-refractivity contribution in [2.45, 2.75) is 0 Å². The molecule has 88 valence electrons. The minimum Gasteiger partial charge on any atom is -0.335 e. The summed E-state index contributed by atoms with van der Waals surface area (Å²) in [5, 5.41) is 3.74. The maximum Gasteiger partial charge on any atom is 0.272 e. The van der Waals surface area contributed by atoms with E-state index in [1.54, 1.807) is 23.2 Å². The fraction of sp³-hybridized carbons (Fsp3) is 0.400. The van der Waals surface area contributed by atoms with E-state index in [-0.39, 0.29) is 18.3 Å². The van der Waals surface area contributed by atoms with Gasteiger partial charge in [-0.2, -0.15) is 0 Å². The summed E-state index contributed by atoms with van der Waals surface area (Å²) < 4.78 is 0. The number of carbonyl (C=O) groups excluding carboxylic acids is 1. The molecule has 2 rings (SSSR count). The standard InChI is InChI=1S/C10H12ClN3O.ClH/c11-8-1-2-13-9(7-8)10(15)14-5-3-12-4-6-14;/h1-2,7,12H,3-6H2;1H. The lowest BCUT2D eigenvalue weighted by atomic mass is 10.3. The molecule has 0 aliphatic carbocycles. The van der Waals surface area contributed by atoms with Crippen LogP contribution in [0.25, 0.3) is 0 Å². The number of nitrogens with one attached hydrogen (secondary N) is 1. The van der Waals surface area contributed by atoms with Gasteiger partial charge in [-0.05, 0) is 12.1 Å². The number of carbonyl (C=O) groups is 1. The fourth-order valence-corrected chi connectivity index (χ4v) is 1.71. The molecule has 0 saturated carbocycles. The number of hydrogen-bond donors (Lipinski definition) is 1. The first-order chi connectivity index (χ1) is 7.27. The Kier molecular flexibility index (Phi) is 4.99. The van der Waals surface area contributed by atoms with Crippen molar-refractivity contribution in [3.63, 3.8) is 0 Å². The van der Waals surface area contributed by atoms with Gasteiger partial charge in [0.1, 0.15) is 5.69 Å². The molecule has 0 spiro atoms. The van der Waals surface area contributed by atoms with Crippen molar-refractivity contribution < 1.29 is 4.79 Å². The maximum absolute atomic E-state index is 11.9. The summed E-state index contributed by atoms with van der Waals surface area (Å²) in [7, 11) is 0. The molecule has 1 aliphatic heterocycles. The van der Waals surface area contributed by atoms with Gasteiger partial charge in [0.25, 0.3) is 5.91 Å². The molecule has 4 nitrogen and oxygen atoms in total. The molecule has 16 heavy (non-hydrogen) atoms. The van der Waals surface area contributed by atoms with Gasteiger partial charge in [-0.15, -0.1) is 12.4 Å². The Labute approximate surface area is 105 Å². The topological polar surface area (TPSA) is 45.2 Å². The lowest BCUT2D eigenvalue weighted by Crippen LogP contribution is -2.46. The van der Waals surface area contributed by atoms with Crippen LogP contribution in [0.3, 0.4) is 0 Å². The number of amides is 1. The van der Waals surface area contributed by atoms with Gasteiger partial charge in [0, 0.05) is 37.4 Å². The van der Waals surface area contributed by atoms with Gasteiger partial charge < -0.3 is 10.2 Å². The van der Waals surface area contributed by atoms with Crippen molar-refractivity contribution in [1.29, 1.82) is 0 Å². The van der Waals surface area contributed by atoms with Crippen LogP contribution in [0.1, 0.15) is 10.5 Å². The van der Waals surface area contributed by atoms with E-state index in [9.17, 15) is 4.79 Å². The second-order valence-corrected chi connectivity index (χ2v) is 3.84. The summed E-state index contributed by atoms with van der Waals surface area (Å²) in [6.07, 6.45) is 1.55. The Morgan fingerprint density at radius 3 is 2.75 bits per heavy atom. The van der Waals surface area contributed by atoms with Crippen LogP contribution in [0.4, 0.5) is 0 Å². The largest absolute Gasteiger partial charge is 0.335 e. The summed E-state index contributed by atoms with van der Waals surface area (Å²) >= 11 is 5.80. The number of aromatic nitrogens is 1. The minimum absolute atomic E-state index is 0. The van der Waals surface area contributed by atoms with Crippen molar-refractivity contribution in [3.05, 3.63) is 29.0 Å². The Hall–Kier alpha value is -0.840. The second-order valence-electron chi connectivity index (χ2n) is 3.40. The molecular formula is C10H13Cl2N3O. The molecule has 2 heterocycles. The highest BCUT2D eigenvalue weighted by Crippen LogP contribution is 2.10. The Bertz CT molecular complexity index is 367. The molecule has 0 unspecified atom stereocenters. The molecular weight excluding hydrogens is 249 g/mol. The Morgan fingerprint density at radius 2 is 2.12 bits per heavy atom. The zero-order valence-electron chi connectivity index (χ0n) is 8.65. The second kappa shape index (κ2) is 6.03. The third-order valence-electron chi connectivity index (χ3n) is 2.35. The highest BCUT2D eigenvalue weighted by Gasteiger charge is 2.18. The van der Waals surface area contributed by atoms with Crippen molar-refractivity contribution in [2.24, 2.45) is 0 Å². The molecule has 0 bridgehead atoms. The molecule has 1 aromatic heterocycles. The fourth-order valence-electron chi connectivity index (χ4n) is 1.55.